The number of hydrogen-bond acceptors (Lipinski definition) is 1. The topological polar surface area (TPSA) is 26.1 Å². The van der Waals surface area contributed by atoms with Gasteiger partial charge in [0.25, 0.3) is 0 Å². The Hall–Kier alpha value is -0.462. The summed E-state index contributed by atoms with van der Waals surface area (Å²) in [5.41, 5.74) is 2.51. The van der Waals surface area contributed by atoms with Crippen molar-refractivity contribution in [3.05, 3.63) is 35.1 Å². The van der Waals surface area contributed by atoms with Crippen LogP contribution >= 0.6 is 0 Å². The number of nitrogens with one attached hydrogen (secondary N) is 1. The summed E-state index contributed by atoms with van der Waals surface area (Å²) in [6.07, 6.45) is 2.55. The molecule has 1 aromatic carbocycles. The Kier molecular flexibility index (Phi) is 4.31. The number of rotatable bonds is 3. The molecule has 2 nitrogen and oxygen atoms in total. The van der Waals surface area contributed by atoms with Crippen LogP contribution in [0.3, 0.4) is 0 Å². The zero-order valence-corrected chi connectivity index (χ0v) is 12.5. The van der Waals surface area contributed by atoms with Crippen molar-refractivity contribution in [3.63, 3.8) is 0 Å². The van der Waals surface area contributed by atoms with Crippen molar-refractivity contribution < 1.29 is 19.4 Å². The van der Waals surface area contributed by atoms with E-state index in [0.29, 0.717) is 0 Å². The van der Waals surface area contributed by atoms with Crippen LogP contribution in [-0.2, 0) is 19.4 Å². The average molecular weight is 385 g/mol. The van der Waals surface area contributed by atoms with Crippen LogP contribution in [0.2, 0.25) is 0 Å². The van der Waals surface area contributed by atoms with Crippen molar-refractivity contribution in [2.45, 2.75) is 12.8 Å². The molecule has 86 valence electrons. The predicted molar refractivity (Wildman–Crippen MR) is 65.1 cm³/mol. The van der Waals surface area contributed by atoms with Gasteiger partial charge >= 0.3 is 108 Å². The van der Waals surface area contributed by atoms with E-state index in [4.69, 9.17) is 0 Å². The van der Waals surface area contributed by atoms with Crippen LogP contribution in [0, 0.1) is 5.92 Å². The summed E-state index contributed by atoms with van der Waals surface area (Å²) in [7, 11) is 1.88. The molecule has 3 heteroatoms. The molecule has 0 bridgehead atoms. The molecule has 1 aromatic rings. The number of para-hydroxylation sites is 1. The van der Waals surface area contributed by atoms with Crippen molar-refractivity contribution >= 4 is 9.59 Å². The van der Waals surface area contributed by atoms with E-state index < -0.39 is 0 Å². The van der Waals surface area contributed by atoms with E-state index in [0.717, 1.165) is 24.7 Å². The first kappa shape index (κ1) is 12.0. The number of benzene rings is 1. The molecule has 0 atom stereocenters. The van der Waals surface area contributed by atoms with E-state index in [-0.39, 0.29) is 0 Å². The summed E-state index contributed by atoms with van der Waals surface area (Å²) in [5.74, 6) is 0.763. The molecular weight excluding hydrogens is 368 g/mol. The second-order valence-electron chi connectivity index (χ2n) is 4.13. The van der Waals surface area contributed by atoms with E-state index in [1.54, 1.807) is 23.3 Å². The first-order chi connectivity index (χ1) is 7.83. The molecule has 0 spiro atoms. The van der Waals surface area contributed by atoms with Gasteiger partial charge < -0.3 is 0 Å². The molecule has 1 N–H and O–H groups in total. The van der Waals surface area contributed by atoms with Gasteiger partial charge in [-0.3, -0.25) is 0 Å². The molecule has 0 saturated carbocycles. The zero-order valence-electron chi connectivity index (χ0n) is 9.57. The van der Waals surface area contributed by atoms with Crippen molar-refractivity contribution in [1.29, 1.82) is 0 Å². The number of nitrogens with zero attached hydrogens (tertiary/aromatic N) is 1. The number of piperidine rings is 1. The fourth-order valence-corrected chi connectivity index (χ4v) is 3.65. The molecule has 16 heavy (non-hydrogen) atoms. The standard InChI is InChI=1S/C13H17N2.W/c1-14-13-5-3-2-4-12(13)10-11-6-8-15-9-7-11;/h2-5,11,15H,6-9H2,1H3;/q-1;. The van der Waals surface area contributed by atoms with Crippen molar-refractivity contribution in [2.24, 2.45) is 5.92 Å². The molecule has 0 amide bonds. The van der Waals surface area contributed by atoms with Gasteiger partial charge in [0.15, 0.2) is 0 Å². The third-order valence-electron chi connectivity index (χ3n) is 3.12. The molecule has 1 heterocycles. The average Bonchev–Trinajstić information content (AvgIpc) is 2.39. The molecule has 1 saturated heterocycles. The summed E-state index contributed by atoms with van der Waals surface area (Å²) >= 11 is 1.60. The molecule has 1 fully saturated rings. The molecule has 0 aliphatic carbocycles. The van der Waals surface area contributed by atoms with Crippen LogP contribution in [0.25, 0.3) is 5.32 Å². The van der Waals surface area contributed by atoms with Gasteiger partial charge in [-0.15, -0.1) is 0 Å². The Bertz CT molecular complexity index is 370. The maximum atomic E-state index is 4.36. The van der Waals surface area contributed by atoms with Crippen LogP contribution in [0.4, 0.5) is 5.69 Å². The Morgan fingerprint density at radius 2 is 2.00 bits per heavy atom. The molecule has 0 aromatic heterocycles. The Morgan fingerprint density at radius 3 is 2.69 bits per heavy atom. The van der Waals surface area contributed by atoms with Crippen LogP contribution in [0.5, 0.6) is 0 Å². The third kappa shape index (κ3) is 2.61. The SMILES string of the molecule is C[N-]c1ccccc1[C](=[W])C1CCNCC1. The van der Waals surface area contributed by atoms with Gasteiger partial charge in [-0.1, -0.05) is 0 Å². The third-order valence-corrected chi connectivity index (χ3v) is 5.11. The fraction of sp³-hybridized carbons (Fsp3) is 0.462. The summed E-state index contributed by atoms with van der Waals surface area (Å²) in [5, 5.41) is 7.79. The minimum absolute atomic E-state index is 0.763. The van der Waals surface area contributed by atoms with Gasteiger partial charge in [-0.2, -0.15) is 0 Å². The fourth-order valence-electron chi connectivity index (χ4n) is 2.18. The zero-order chi connectivity index (χ0) is 11.4. The summed E-state index contributed by atoms with van der Waals surface area (Å²) in [6, 6.07) is 8.51. The van der Waals surface area contributed by atoms with E-state index in [1.165, 1.54) is 18.4 Å². The van der Waals surface area contributed by atoms with Crippen LogP contribution in [-0.4, -0.2) is 24.0 Å². The molecule has 2 rings (SSSR count). The van der Waals surface area contributed by atoms with Crippen LogP contribution in [0.1, 0.15) is 18.4 Å². The summed E-state index contributed by atoms with van der Waals surface area (Å²) in [4.78, 5) is 0. The van der Waals surface area contributed by atoms with Gasteiger partial charge in [0.1, 0.15) is 0 Å². The van der Waals surface area contributed by atoms with E-state index >= 15 is 0 Å². The van der Waals surface area contributed by atoms with Crippen LogP contribution in [0.15, 0.2) is 24.3 Å². The minimum atomic E-state index is 0.763. The second-order valence-corrected chi connectivity index (χ2v) is 5.71. The summed E-state index contributed by atoms with van der Waals surface area (Å²) < 4.78 is 1.59. The second kappa shape index (κ2) is 5.74. The van der Waals surface area contributed by atoms with E-state index in [1.807, 2.05) is 7.05 Å². The first-order valence-electron chi connectivity index (χ1n) is 5.76. The first-order valence-corrected chi connectivity index (χ1v) is 7.23. The molecule has 0 unspecified atom stereocenters. The Morgan fingerprint density at radius 1 is 1.31 bits per heavy atom. The van der Waals surface area contributed by atoms with Crippen molar-refractivity contribution in [2.75, 3.05) is 20.1 Å². The Balaban J connectivity index is 2.19. The predicted octanol–water partition coefficient (Wildman–Crippen LogP) is 2.39. The molecular formula is C13H17N2W-. The van der Waals surface area contributed by atoms with Gasteiger partial charge in [-0.05, 0) is 0 Å². The molecule has 1 aliphatic rings. The van der Waals surface area contributed by atoms with Gasteiger partial charge in [0.2, 0.25) is 0 Å². The van der Waals surface area contributed by atoms with E-state index in [2.05, 4.69) is 34.9 Å². The normalized spacial score (nSPS) is 17.1. The van der Waals surface area contributed by atoms with Crippen LogP contribution < -0.4 is 5.32 Å². The molecule has 1 aliphatic heterocycles. The maximum absolute atomic E-state index is 4.36. The monoisotopic (exact) mass is 385 g/mol. The van der Waals surface area contributed by atoms with Gasteiger partial charge in [-0.25, -0.2) is 0 Å². The quantitative estimate of drug-likeness (QED) is 0.850. The van der Waals surface area contributed by atoms with Crippen molar-refractivity contribution in [1.82, 2.24) is 5.32 Å². The summed E-state index contributed by atoms with van der Waals surface area (Å²) in [6.45, 7) is 2.32. The van der Waals surface area contributed by atoms with E-state index in [9.17, 15) is 0 Å². The Labute approximate surface area is 108 Å². The number of hydrogen-bond donors (Lipinski definition) is 1. The van der Waals surface area contributed by atoms with Crippen molar-refractivity contribution in [3.8, 4) is 0 Å². The van der Waals surface area contributed by atoms with Gasteiger partial charge in [0.05, 0.1) is 0 Å². The molecule has 0 radical (unpaired) electrons. The van der Waals surface area contributed by atoms with Gasteiger partial charge in [0, 0.05) is 0 Å².